The largest absolute Gasteiger partial charge is 0.313 e. The monoisotopic (exact) mass is 300 g/mol. The Morgan fingerprint density at radius 1 is 1.35 bits per heavy atom. The summed E-state index contributed by atoms with van der Waals surface area (Å²) in [5, 5.41) is 9.76. The molecule has 1 saturated carbocycles. The third-order valence-corrected chi connectivity index (χ3v) is 5.24. The van der Waals surface area contributed by atoms with Crippen LogP contribution in [0.25, 0.3) is 0 Å². The Balaban J connectivity index is 1.97. The van der Waals surface area contributed by atoms with Crippen molar-refractivity contribution in [3.8, 4) is 0 Å². The Labute approximate surface area is 120 Å². The fourth-order valence-electron chi connectivity index (χ4n) is 2.61. The maximum Gasteiger partial charge on any atom is 0.257 e. The lowest BCUT2D eigenvalue weighted by Crippen LogP contribution is -2.31. The molecule has 0 bridgehead atoms. The maximum absolute atomic E-state index is 12.3. The molecule has 114 valence electrons. The molecule has 0 aromatic carbocycles. The number of rotatable bonds is 7. The minimum atomic E-state index is -3.49. The fraction of sp³-hybridized carbons (Fsp3) is 0.769. The van der Waals surface area contributed by atoms with Crippen LogP contribution in [-0.4, -0.2) is 31.7 Å². The van der Waals surface area contributed by atoms with Gasteiger partial charge in [0.25, 0.3) is 10.0 Å². The summed E-state index contributed by atoms with van der Waals surface area (Å²) < 4.78 is 27.3. The SMILES string of the molecule is CCNCc1cn[nH]c1S(=O)(=O)NCC1CCCCC1. The quantitative estimate of drug-likeness (QED) is 0.710. The number of nitrogens with zero attached hydrogens (tertiary/aromatic N) is 1. The van der Waals surface area contributed by atoms with Crippen LogP contribution in [0.4, 0.5) is 0 Å². The van der Waals surface area contributed by atoms with E-state index in [1.807, 2.05) is 6.92 Å². The predicted octanol–water partition coefficient (Wildman–Crippen LogP) is 1.38. The lowest BCUT2D eigenvalue weighted by Gasteiger charge is -2.21. The van der Waals surface area contributed by atoms with Gasteiger partial charge in [-0.25, -0.2) is 13.1 Å². The van der Waals surface area contributed by atoms with Gasteiger partial charge >= 0.3 is 0 Å². The molecule has 1 fully saturated rings. The summed E-state index contributed by atoms with van der Waals surface area (Å²) in [4.78, 5) is 0. The molecule has 20 heavy (non-hydrogen) atoms. The average molecular weight is 300 g/mol. The lowest BCUT2D eigenvalue weighted by atomic mass is 9.90. The molecule has 1 aliphatic carbocycles. The molecule has 1 aromatic rings. The summed E-state index contributed by atoms with van der Waals surface area (Å²) >= 11 is 0. The van der Waals surface area contributed by atoms with E-state index in [0.29, 0.717) is 24.6 Å². The van der Waals surface area contributed by atoms with Gasteiger partial charge in [-0.15, -0.1) is 0 Å². The van der Waals surface area contributed by atoms with E-state index in [-0.39, 0.29) is 5.03 Å². The van der Waals surface area contributed by atoms with E-state index in [2.05, 4.69) is 20.2 Å². The minimum Gasteiger partial charge on any atom is -0.313 e. The third kappa shape index (κ3) is 4.04. The summed E-state index contributed by atoms with van der Waals surface area (Å²) in [5.41, 5.74) is 0.683. The van der Waals surface area contributed by atoms with E-state index >= 15 is 0 Å². The summed E-state index contributed by atoms with van der Waals surface area (Å²) in [6, 6.07) is 0. The van der Waals surface area contributed by atoms with Crippen LogP contribution in [-0.2, 0) is 16.6 Å². The van der Waals surface area contributed by atoms with Crippen LogP contribution >= 0.6 is 0 Å². The summed E-state index contributed by atoms with van der Waals surface area (Å²) in [7, 11) is -3.49. The molecule has 7 heteroatoms. The first kappa shape index (κ1) is 15.5. The Morgan fingerprint density at radius 2 is 2.10 bits per heavy atom. The van der Waals surface area contributed by atoms with Gasteiger partial charge in [0.2, 0.25) is 0 Å². The summed E-state index contributed by atoms with van der Waals surface area (Å²) in [5.74, 6) is 0.471. The van der Waals surface area contributed by atoms with Crippen LogP contribution in [0.1, 0.15) is 44.6 Å². The second-order valence-electron chi connectivity index (χ2n) is 5.36. The van der Waals surface area contributed by atoms with E-state index in [1.54, 1.807) is 6.20 Å². The Hall–Kier alpha value is -0.920. The highest BCUT2D eigenvalue weighted by Gasteiger charge is 2.22. The maximum atomic E-state index is 12.3. The van der Waals surface area contributed by atoms with E-state index in [1.165, 1.54) is 19.3 Å². The number of hydrogen-bond acceptors (Lipinski definition) is 4. The number of aromatic amines is 1. The van der Waals surface area contributed by atoms with E-state index in [0.717, 1.165) is 19.4 Å². The van der Waals surface area contributed by atoms with E-state index in [9.17, 15) is 8.42 Å². The molecular formula is C13H24N4O2S. The highest BCUT2D eigenvalue weighted by molar-refractivity contribution is 7.89. The Kier molecular flexibility index (Phi) is 5.56. The van der Waals surface area contributed by atoms with Gasteiger partial charge in [-0.2, -0.15) is 5.10 Å². The number of H-pyrrole nitrogens is 1. The normalized spacial score (nSPS) is 17.4. The van der Waals surface area contributed by atoms with Crippen molar-refractivity contribution in [3.63, 3.8) is 0 Å². The molecule has 0 saturated heterocycles. The standard InChI is InChI=1S/C13H24N4O2S/c1-2-14-9-12-10-15-17-13(12)20(18,19)16-8-11-6-4-3-5-7-11/h10-11,14,16H,2-9H2,1H3,(H,15,17). The van der Waals surface area contributed by atoms with Crippen molar-refractivity contribution in [2.24, 2.45) is 5.92 Å². The minimum absolute atomic E-state index is 0.189. The van der Waals surface area contributed by atoms with Crippen LogP contribution < -0.4 is 10.0 Å². The molecular weight excluding hydrogens is 276 g/mol. The van der Waals surface area contributed by atoms with Crippen molar-refractivity contribution in [2.45, 2.75) is 50.6 Å². The van der Waals surface area contributed by atoms with Crippen LogP contribution in [0.5, 0.6) is 0 Å². The molecule has 0 amide bonds. The number of hydrogen-bond donors (Lipinski definition) is 3. The molecule has 0 aliphatic heterocycles. The van der Waals surface area contributed by atoms with Crippen molar-refractivity contribution in [2.75, 3.05) is 13.1 Å². The van der Waals surface area contributed by atoms with Gasteiger partial charge in [-0.05, 0) is 25.3 Å². The first-order valence-electron chi connectivity index (χ1n) is 7.36. The topological polar surface area (TPSA) is 86.9 Å². The van der Waals surface area contributed by atoms with Crippen molar-refractivity contribution in [1.29, 1.82) is 0 Å². The zero-order valence-corrected chi connectivity index (χ0v) is 12.8. The Morgan fingerprint density at radius 3 is 2.80 bits per heavy atom. The van der Waals surface area contributed by atoms with Gasteiger partial charge in [0.1, 0.15) is 0 Å². The number of aromatic nitrogens is 2. The molecule has 1 aromatic heterocycles. The van der Waals surface area contributed by atoms with Crippen molar-refractivity contribution >= 4 is 10.0 Å². The first-order chi connectivity index (χ1) is 9.63. The average Bonchev–Trinajstić information content (AvgIpc) is 2.93. The lowest BCUT2D eigenvalue weighted by molar-refractivity contribution is 0.357. The highest BCUT2D eigenvalue weighted by atomic mass is 32.2. The van der Waals surface area contributed by atoms with Gasteiger partial charge in [0, 0.05) is 18.7 Å². The molecule has 0 unspecified atom stereocenters. The summed E-state index contributed by atoms with van der Waals surface area (Å²) in [6.07, 6.45) is 7.50. The zero-order valence-electron chi connectivity index (χ0n) is 12.0. The van der Waals surface area contributed by atoms with Gasteiger partial charge in [0.05, 0.1) is 6.20 Å². The van der Waals surface area contributed by atoms with Crippen LogP contribution in [0.15, 0.2) is 11.2 Å². The summed E-state index contributed by atoms with van der Waals surface area (Å²) in [6.45, 7) is 3.81. The van der Waals surface area contributed by atoms with Gasteiger partial charge < -0.3 is 5.32 Å². The van der Waals surface area contributed by atoms with Crippen LogP contribution in [0.3, 0.4) is 0 Å². The molecule has 6 nitrogen and oxygen atoms in total. The second-order valence-corrected chi connectivity index (χ2v) is 7.06. The van der Waals surface area contributed by atoms with Crippen molar-refractivity contribution in [3.05, 3.63) is 11.8 Å². The number of nitrogens with one attached hydrogen (secondary N) is 3. The second kappa shape index (κ2) is 7.19. The van der Waals surface area contributed by atoms with Crippen molar-refractivity contribution in [1.82, 2.24) is 20.2 Å². The fourth-order valence-corrected chi connectivity index (χ4v) is 3.85. The molecule has 0 atom stereocenters. The molecule has 1 heterocycles. The van der Waals surface area contributed by atoms with Crippen LogP contribution in [0.2, 0.25) is 0 Å². The first-order valence-corrected chi connectivity index (χ1v) is 8.84. The Bertz CT molecular complexity index is 506. The molecule has 1 aliphatic rings. The zero-order chi connectivity index (χ0) is 14.4. The molecule has 0 radical (unpaired) electrons. The molecule has 3 N–H and O–H groups in total. The number of sulfonamides is 1. The predicted molar refractivity (Wildman–Crippen MR) is 77.7 cm³/mol. The van der Waals surface area contributed by atoms with Crippen LogP contribution in [0, 0.1) is 5.92 Å². The molecule has 0 spiro atoms. The van der Waals surface area contributed by atoms with Gasteiger partial charge in [0.15, 0.2) is 5.03 Å². The van der Waals surface area contributed by atoms with Gasteiger partial charge in [-0.3, -0.25) is 5.10 Å². The highest BCUT2D eigenvalue weighted by Crippen LogP contribution is 2.23. The van der Waals surface area contributed by atoms with Crippen molar-refractivity contribution < 1.29 is 8.42 Å². The van der Waals surface area contributed by atoms with E-state index in [4.69, 9.17) is 0 Å². The smallest absolute Gasteiger partial charge is 0.257 e. The third-order valence-electron chi connectivity index (χ3n) is 3.80. The van der Waals surface area contributed by atoms with Gasteiger partial charge in [-0.1, -0.05) is 26.2 Å². The van der Waals surface area contributed by atoms with E-state index < -0.39 is 10.0 Å². The molecule has 2 rings (SSSR count).